The third-order valence-corrected chi connectivity index (χ3v) is 12.1. The van der Waals surface area contributed by atoms with Crippen LogP contribution >= 0.6 is 0 Å². The molecule has 0 bridgehead atoms. The van der Waals surface area contributed by atoms with E-state index in [1.165, 1.54) is 6.08 Å². The normalized spacial score (nSPS) is 25.1. The van der Waals surface area contributed by atoms with Crippen molar-refractivity contribution in [2.75, 3.05) is 45.8 Å². The minimum absolute atomic E-state index is 0.0477. The Bertz CT molecular complexity index is 1800. The molecule has 2 atom stereocenters. The number of amides is 1. The highest BCUT2D eigenvalue weighted by Gasteiger charge is 2.66. The number of allylic oxidation sites excluding steroid dienone is 1. The highest BCUT2D eigenvalue weighted by Crippen LogP contribution is 2.53. The predicted octanol–water partition coefficient (Wildman–Crippen LogP) is 1.84. The van der Waals surface area contributed by atoms with Crippen LogP contribution in [0, 0.1) is 23.2 Å². The molecule has 7 rings (SSSR count). The fraction of sp³-hybridized carbons (Fsp3) is 0.400. The highest BCUT2D eigenvalue weighted by molar-refractivity contribution is 7.86. The summed E-state index contributed by atoms with van der Waals surface area (Å²) in [7, 11) is -3.62. The predicted molar refractivity (Wildman–Crippen MR) is 177 cm³/mol. The van der Waals surface area contributed by atoms with E-state index in [-0.39, 0.29) is 29.6 Å². The van der Waals surface area contributed by atoms with Crippen molar-refractivity contribution < 1.29 is 18.0 Å². The monoisotopic (exact) mass is 666 g/mol. The van der Waals surface area contributed by atoms with Crippen LogP contribution in [0.2, 0.25) is 0 Å². The van der Waals surface area contributed by atoms with Crippen molar-refractivity contribution in [1.82, 2.24) is 33.7 Å². The molecule has 248 valence electrons. The van der Waals surface area contributed by atoms with Crippen molar-refractivity contribution in [3.8, 4) is 6.07 Å². The minimum Gasteiger partial charge on any atom is -0.357 e. The molecule has 2 unspecified atom stereocenters. The van der Waals surface area contributed by atoms with E-state index in [0.717, 1.165) is 17.7 Å². The topological polar surface area (TPSA) is 143 Å². The maximum Gasteiger partial charge on any atom is 0.282 e. The molecule has 0 spiro atoms. The van der Waals surface area contributed by atoms with E-state index in [1.807, 2.05) is 24.3 Å². The van der Waals surface area contributed by atoms with Gasteiger partial charge in [-0.05, 0) is 66.2 Å². The first-order valence-electron chi connectivity index (χ1n) is 16.4. The molecule has 12 nitrogen and oxygen atoms in total. The molecular weight excluding hydrogens is 629 g/mol. The van der Waals surface area contributed by atoms with Crippen LogP contribution in [0.25, 0.3) is 0 Å². The average Bonchev–Trinajstić information content (AvgIpc) is 3.44. The Hall–Kier alpha value is -4.48. The molecule has 1 saturated carbocycles. The number of aromatic nitrogens is 2. The maximum absolute atomic E-state index is 14.8. The van der Waals surface area contributed by atoms with Crippen LogP contribution in [-0.4, -0.2) is 106 Å². The van der Waals surface area contributed by atoms with Gasteiger partial charge in [0.2, 0.25) is 0 Å². The molecule has 0 radical (unpaired) electrons. The van der Waals surface area contributed by atoms with Crippen LogP contribution < -0.4 is 5.32 Å². The zero-order valence-corrected chi connectivity index (χ0v) is 27.6. The molecule has 1 amide bonds. The molecule has 48 heavy (non-hydrogen) atoms. The van der Waals surface area contributed by atoms with Crippen molar-refractivity contribution in [2.24, 2.45) is 11.8 Å². The standard InChI is InChI=1S/C35H38N8O4S/c1-2-40-15-17-41(18-16-40)48(46,47)42-23-29-30(24-42)33(29)43-32(19-31(44)28-5-3-27(22-36)4-6-28)39-35(34(43)45,20-25-7-11-37-12-8-25)21-26-9-13-38-14-10-26/h3-14,19,29-30,33,39H,2,15-18,20-21,23-24H2,1H3/b32-19+. The second-order valence-electron chi connectivity index (χ2n) is 13.0. The van der Waals surface area contributed by atoms with Gasteiger partial charge >= 0.3 is 0 Å². The van der Waals surface area contributed by atoms with Gasteiger partial charge in [-0.25, -0.2) is 0 Å². The number of carbonyl (C=O) groups excluding carboxylic acids is 2. The number of fused-ring (bicyclic) bond motifs is 1. The van der Waals surface area contributed by atoms with Crippen LogP contribution in [-0.2, 0) is 27.8 Å². The van der Waals surface area contributed by atoms with E-state index in [4.69, 9.17) is 0 Å². The lowest BCUT2D eigenvalue weighted by Gasteiger charge is -2.36. The number of carbonyl (C=O) groups is 2. The molecule has 2 aromatic heterocycles. The molecule has 1 aromatic carbocycles. The van der Waals surface area contributed by atoms with E-state index >= 15 is 0 Å². The zero-order valence-electron chi connectivity index (χ0n) is 26.8. The van der Waals surface area contributed by atoms with E-state index < -0.39 is 15.7 Å². The fourth-order valence-corrected chi connectivity index (χ4v) is 9.16. The van der Waals surface area contributed by atoms with Gasteiger partial charge in [0.1, 0.15) is 11.4 Å². The Morgan fingerprint density at radius 2 is 1.48 bits per heavy atom. The Morgan fingerprint density at radius 1 is 0.917 bits per heavy atom. The number of nitrogens with one attached hydrogen (secondary N) is 1. The van der Waals surface area contributed by atoms with Gasteiger partial charge in [-0.15, -0.1) is 0 Å². The smallest absolute Gasteiger partial charge is 0.282 e. The van der Waals surface area contributed by atoms with Gasteiger partial charge < -0.3 is 10.2 Å². The number of likely N-dealkylation sites (N-methyl/N-ethyl adjacent to an activating group) is 1. The summed E-state index contributed by atoms with van der Waals surface area (Å²) in [6, 6.07) is 15.7. The molecule has 3 aliphatic heterocycles. The molecule has 4 fully saturated rings. The largest absolute Gasteiger partial charge is 0.357 e. The van der Waals surface area contributed by atoms with Crippen LogP contribution in [0.1, 0.15) is 34.0 Å². The molecule has 3 saturated heterocycles. The number of rotatable bonds is 10. The first-order valence-corrected chi connectivity index (χ1v) is 17.8. The lowest BCUT2D eigenvalue weighted by atomic mass is 9.85. The molecule has 1 aliphatic carbocycles. The Morgan fingerprint density at radius 3 is 2.00 bits per heavy atom. The quantitative estimate of drug-likeness (QED) is 0.253. The highest BCUT2D eigenvalue weighted by atomic mass is 32.2. The SMILES string of the molecule is CCN1CCN(S(=O)(=O)N2CC3C(C2)C3N2C(=O)C(Cc3ccncc3)(Cc3ccncc3)N/C2=C\C(=O)c2ccc(C#N)cc2)CC1. The summed E-state index contributed by atoms with van der Waals surface area (Å²) in [4.78, 5) is 40.7. The summed E-state index contributed by atoms with van der Waals surface area (Å²) in [6.07, 6.45) is 8.95. The molecule has 1 N–H and O–H groups in total. The van der Waals surface area contributed by atoms with Crippen LogP contribution in [0.4, 0.5) is 0 Å². The number of benzene rings is 1. The second-order valence-corrected chi connectivity index (χ2v) is 14.9. The van der Waals surface area contributed by atoms with Crippen molar-refractivity contribution in [1.29, 1.82) is 5.26 Å². The molecule has 4 aliphatic rings. The Labute approximate surface area is 280 Å². The minimum atomic E-state index is -3.62. The number of piperidine rings is 1. The second kappa shape index (κ2) is 12.9. The Kier molecular flexibility index (Phi) is 8.59. The molecular formula is C35H38N8O4S. The zero-order chi connectivity index (χ0) is 33.5. The third-order valence-electron chi connectivity index (χ3n) is 10.2. The maximum atomic E-state index is 14.8. The van der Waals surface area contributed by atoms with Gasteiger partial charge in [-0.1, -0.05) is 6.92 Å². The summed E-state index contributed by atoms with van der Waals surface area (Å²) in [6.45, 7) is 6.00. The van der Waals surface area contributed by atoms with E-state index in [2.05, 4.69) is 33.2 Å². The number of nitriles is 1. The third kappa shape index (κ3) is 6.01. The molecule has 3 aromatic rings. The van der Waals surface area contributed by atoms with Gasteiger partial charge in [0.25, 0.3) is 16.1 Å². The number of nitrogens with zero attached hydrogens (tertiary/aromatic N) is 7. The average molecular weight is 667 g/mol. The van der Waals surface area contributed by atoms with Gasteiger partial charge in [-0.3, -0.25) is 24.5 Å². The molecule has 5 heterocycles. The lowest BCUT2D eigenvalue weighted by molar-refractivity contribution is -0.132. The summed E-state index contributed by atoms with van der Waals surface area (Å²) in [5.74, 6) is -0.145. The van der Waals surface area contributed by atoms with Gasteiger partial charge in [0, 0.05) is 106 Å². The van der Waals surface area contributed by atoms with Crippen molar-refractivity contribution in [3.05, 3.63) is 107 Å². The van der Waals surface area contributed by atoms with Gasteiger partial charge in [0.15, 0.2) is 5.78 Å². The van der Waals surface area contributed by atoms with Crippen molar-refractivity contribution in [3.63, 3.8) is 0 Å². The number of pyridine rings is 2. The van der Waals surface area contributed by atoms with E-state index in [9.17, 15) is 23.3 Å². The fourth-order valence-electron chi connectivity index (χ4n) is 7.48. The number of hydrogen-bond donors (Lipinski definition) is 1. The van der Waals surface area contributed by atoms with Crippen molar-refractivity contribution in [2.45, 2.75) is 31.3 Å². The van der Waals surface area contributed by atoms with Crippen LogP contribution in [0.3, 0.4) is 0 Å². The lowest BCUT2D eigenvalue weighted by Crippen LogP contribution is -2.53. The van der Waals surface area contributed by atoms with E-state index in [1.54, 1.807) is 62.6 Å². The van der Waals surface area contributed by atoms with E-state index in [0.29, 0.717) is 69.1 Å². The first kappa shape index (κ1) is 32.1. The van der Waals surface area contributed by atoms with Crippen LogP contribution in [0.5, 0.6) is 0 Å². The Balaban J connectivity index is 1.19. The van der Waals surface area contributed by atoms with Crippen molar-refractivity contribution >= 4 is 21.9 Å². The summed E-state index contributed by atoms with van der Waals surface area (Å²) < 4.78 is 30.4. The number of hydrogen-bond acceptors (Lipinski definition) is 9. The summed E-state index contributed by atoms with van der Waals surface area (Å²) in [5, 5.41) is 12.7. The summed E-state index contributed by atoms with van der Waals surface area (Å²) >= 11 is 0. The number of ketones is 1. The van der Waals surface area contributed by atoms with Gasteiger partial charge in [0.05, 0.1) is 11.6 Å². The van der Waals surface area contributed by atoms with Gasteiger partial charge in [-0.2, -0.15) is 22.3 Å². The summed E-state index contributed by atoms with van der Waals surface area (Å²) in [5.41, 5.74) is 1.56. The van der Waals surface area contributed by atoms with Crippen LogP contribution in [0.15, 0.2) is 85.2 Å². The first-order chi connectivity index (χ1) is 23.2. The molecule has 13 heteroatoms. The number of piperazine rings is 1.